The first-order chi connectivity index (χ1) is 8.66. The lowest BCUT2D eigenvalue weighted by Gasteiger charge is -2.04. The van der Waals surface area contributed by atoms with E-state index in [0.717, 1.165) is 21.4 Å². The van der Waals surface area contributed by atoms with Crippen LogP contribution in [-0.2, 0) is 5.75 Å². The summed E-state index contributed by atoms with van der Waals surface area (Å²) in [5.74, 6) is 0.797. The van der Waals surface area contributed by atoms with Crippen LogP contribution in [0.5, 0.6) is 0 Å². The molecule has 92 valence electrons. The second-order valence-electron chi connectivity index (χ2n) is 3.82. The second-order valence-corrected chi connectivity index (χ2v) is 5.22. The largest absolute Gasteiger partial charge is 0.295 e. The monoisotopic (exact) mass is 277 g/mol. The van der Waals surface area contributed by atoms with Crippen LogP contribution in [-0.4, -0.2) is 10.8 Å². The Kier molecular flexibility index (Phi) is 4.39. The van der Waals surface area contributed by atoms with Crippen molar-refractivity contribution in [2.75, 3.05) is 0 Å². The molecule has 2 nitrogen and oxygen atoms in total. The van der Waals surface area contributed by atoms with Crippen molar-refractivity contribution in [1.82, 2.24) is 4.98 Å². The van der Waals surface area contributed by atoms with E-state index in [0.29, 0.717) is 5.56 Å². The van der Waals surface area contributed by atoms with E-state index < -0.39 is 0 Å². The third-order valence-electron chi connectivity index (χ3n) is 2.47. The smallest absolute Gasteiger partial charge is 0.159 e. The minimum absolute atomic E-state index is 0.0528. The molecule has 0 aliphatic heterocycles. The van der Waals surface area contributed by atoms with Crippen molar-refractivity contribution >= 4 is 29.1 Å². The Hall–Kier alpha value is -1.32. The third-order valence-corrected chi connectivity index (χ3v) is 3.82. The van der Waals surface area contributed by atoms with Gasteiger partial charge in [-0.2, -0.15) is 0 Å². The zero-order valence-electron chi connectivity index (χ0n) is 9.89. The number of benzene rings is 1. The average molecular weight is 278 g/mol. The van der Waals surface area contributed by atoms with Crippen LogP contribution in [0.15, 0.2) is 47.6 Å². The summed E-state index contributed by atoms with van der Waals surface area (Å²) in [7, 11) is 0. The van der Waals surface area contributed by atoms with Crippen molar-refractivity contribution in [1.29, 1.82) is 0 Å². The standard InChI is InChI=1S/C14H12ClNOS/c1-10(17)11-6-7-16-14(8-11)18-9-12-4-2-3-5-13(12)15/h2-8H,9H2,1H3. The lowest BCUT2D eigenvalue weighted by molar-refractivity contribution is 0.101. The van der Waals surface area contributed by atoms with Crippen LogP contribution in [0, 0.1) is 0 Å². The molecule has 0 fully saturated rings. The van der Waals surface area contributed by atoms with Gasteiger partial charge in [0, 0.05) is 22.5 Å². The van der Waals surface area contributed by atoms with Crippen LogP contribution in [0.25, 0.3) is 0 Å². The van der Waals surface area contributed by atoms with Gasteiger partial charge in [-0.1, -0.05) is 29.8 Å². The summed E-state index contributed by atoms with van der Waals surface area (Å²) in [5.41, 5.74) is 1.76. The fourth-order valence-electron chi connectivity index (χ4n) is 1.47. The molecule has 1 heterocycles. The number of carbonyl (C=O) groups excluding carboxylic acids is 1. The van der Waals surface area contributed by atoms with Crippen molar-refractivity contribution in [3.8, 4) is 0 Å². The van der Waals surface area contributed by atoms with Crippen LogP contribution in [0.1, 0.15) is 22.8 Å². The van der Waals surface area contributed by atoms with E-state index in [9.17, 15) is 4.79 Å². The SMILES string of the molecule is CC(=O)c1ccnc(SCc2ccccc2Cl)c1. The van der Waals surface area contributed by atoms with Gasteiger partial charge in [0.15, 0.2) is 5.78 Å². The molecule has 2 aromatic rings. The summed E-state index contributed by atoms with van der Waals surface area (Å²) < 4.78 is 0. The van der Waals surface area contributed by atoms with Crippen LogP contribution in [0.3, 0.4) is 0 Å². The average Bonchev–Trinajstić information content (AvgIpc) is 2.38. The van der Waals surface area contributed by atoms with E-state index >= 15 is 0 Å². The minimum Gasteiger partial charge on any atom is -0.295 e. The van der Waals surface area contributed by atoms with Crippen molar-refractivity contribution < 1.29 is 4.79 Å². The summed E-state index contributed by atoms with van der Waals surface area (Å²) in [5, 5.41) is 1.59. The third kappa shape index (κ3) is 3.34. The molecule has 2 rings (SSSR count). The van der Waals surface area contributed by atoms with Crippen LogP contribution >= 0.6 is 23.4 Å². The first-order valence-electron chi connectivity index (χ1n) is 5.50. The maximum atomic E-state index is 11.3. The highest BCUT2D eigenvalue weighted by molar-refractivity contribution is 7.98. The molecule has 0 saturated heterocycles. The Bertz CT molecular complexity index is 571. The summed E-state index contributed by atoms with van der Waals surface area (Å²) in [6, 6.07) is 11.3. The fourth-order valence-corrected chi connectivity index (χ4v) is 2.66. The molecule has 0 atom stereocenters. The fraction of sp³-hybridized carbons (Fsp3) is 0.143. The number of thioether (sulfide) groups is 1. The van der Waals surface area contributed by atoms with E-state index in [-0.39, 0.29) is 5.78 Å². The number of hydrogen-bond donors (Lipinski definition) is 0. The number of hydrogen-bond acceptors (Lipinski definition) is 3. The molecule has 4 heteroatoms. The molecule has 0 radical (unpaired) electrons. The number of nitrogens with zero attached hydrogens (tertiary/aromatic N) is 1. The van der Waals surface area contributed by atoms with Gasteiger partial charge in [0.1, 0.15) is 0 Å². The zero-order chi connectivity index (χ0) is 13.0. The number of ketones is 1. The summed E-state index contributed by atoms with van der Waals surface area (Å²) in [6.45, 7) is 1.55. The van der Waals surface area contributed by atoms with Crippen molar-refractivity contribution in [3.05, 3.63) is 58.7 Å². The number of halogens is 1. The van der Waals surface area contributed by atoms with Crippen molar-refractivity contribution in [3.63, 3.8) is 0 Å². The molecule has 18 heavy (non-hydrogen) atoms. The molecule has 1 aromatic carbocycles. The Balaban J connectivity index is 2.09. The predicted molar refractivity (Wildman–Crippen MR) is 75.3 cm³/mol. The molecule has 0 spiro atoms. The number of Topliss-reactive ketones (excluding diaryl/α,β-unsaturated/α-hetero) is 1. The quantitative estimate of drug-likeness (QED) is 0.619. The molecular weight excluding hydrogens is 266 g/mol. The normalized spacial score (nSPS) is 10.3. The lowest BCUT2D eigenvalue weighted by Crippen LogP contribution is -1.93. The predicted octanol–water partition coefficient (Wildman–Crippen LogP) is 4.23. The van der Waals surface area contributed by atoms with E-state index in [1.54, 1.807) is 30.9 Å². The second kappa shape index (κ2) is 6.03. The Morgan fingerprint density at radius 1 is 1.33 bits per heavy atom. The van der Waals surface area contributed by atoms with Crippen LogP contribution in [0.4, 0.5) is 0 Å². The van der Waals surface area contributed by atoms with E-state index in [1.807, 2.05) is 30.3 Å². The maximum absolute atomic E-state index is 11.3. The number of pyridine rings is 1. The first kappa shape index (κ1) is 13.1. The molecule has 0 N–H and O–H groups in total. The summed E-state index contributed by atoms with van der Waals surface area (Å²) in [4.78, 5) is 15.5. The highest BCUT2D eigenvalue weighted by Crippen LogP contribution is 2.25. The highest BCUT2D eigenvalue weighted by Gasteiger charge is 2.04. The number of carbonyl (C=O) groups is 1. The van der Waals surface area contributed by atoms with Gasteiger partial charge in [0.05, 0.1) is 5.03 Å². The summed E-state index contributed by atoms with van der Waals surface area (Å²) >= 11 is 7.66. The van der Waals surface area contributed by atoms with Crippen LogP contribution < -0.4 is 0 Å². The van der Waals surface area contributed by atoms with Gasteiger partial charge in [-0.25, -0.2) is 4.98 Å². The molecule has 0 unspecified atom stereocenters. The molecule has 0 aliphatic rings. The molecule has 1 aromatic heterocycles. The van der Waals surface area contributed by atoms with Gasteiger partial charge in [-0.15, -0.1) is 11.8 Å². The molecule has 0 bridgehead atoms. The zero-order valence-corrected chi connectivity index (χ0v) is 11.5. The molecule has 0 aliphatic carbocycles. The van der Waals surface area contributed by atoms with Gasteiger partial charge < -0.3 is 0 Å². The van der Waals surface area contributed by atoms with Gasteiger partial charge in [0.25, 0.3) is 0 Å². The van der Waals surface area contributed by atoms with E-state index in [1.165, 1.54) is 0 Å². The molecule has 0 saturated carbocycles. The first-order valence-corrected chi connectivity index (χ1v) is 6.86. The molecule has 0 amide bonds. The van der Waals surface area contributed by atoms with E-state index in [2.05, 4.69) is 4.98 Å². The van der Waals surface area contributed by atoms with Crippen LogP contribution in [0.2, 0.25) is 5.02 Å². The Morgan fingerprint density at radius 3 is 2.83 bits per heavy atom. The molecular formula is C14H12ClNOS. The Labute approximate surface area is 115 Å². The minimum atomic E-state index is 0.0528. The summed E-state index contributed by atoms with van der Waals surface area (Å²) in [6.07, 6.45) is 1.66. The van der Waals surface area contributed by atoms with E-state index in [4.69, 9.17) is 11.6 Å². The number of rotatable bonds is 4. The lowest BCUT2D eigenvalue weighted by atomic mass is 10.2. The topological polar surface area (TPSA) is 30.0 Å². The van der Waals surface area contributed by atoms with Gasteiger partial charge in [-0.05, 0) is 30.7 Å². The van der Waals surface area contributed by atoms with Crippen molar-refractivity contribution in [2.45, 2.75) is 17.7 Å². The van der Waals surface area contributed by atoms with Gasteiger partial charge in [-0.3, -0.25) is 4.79 Å². The highest BCUT2D eigenvalue weighted by atomic mass is 35.5. The maximum Gasteiger partial charge on any atom is 0.159 e. The Morgan fingerprint density at radius 2 is 2.11 bits per heavy atom. The van der Waals surface area contributed by atoms with Crippen molar-refractivity contribution in [2.24, 2.45) is 0 Å². The number of aromatic nitrogens is 1. The van der Waals surface area contributed by atoms with Gasteiger partial charge in [0.2, 0.25) is 0 Å². The van der Waals surface area contributed by atoms with Gasteiger partial charge >= 0.3 is 0 Å².